The summed E-state index contributed by atoms with van der Waals surface area (Å²) in [5.41, 5.74) is 0. The average molecular weight is 164 g/mol. The predicted octanol–water partition coefficient (Wildman–Crippen LogP) is 2.40. The molecular formula is C6H13O3P. The normalized spacial score (nSPS) is 16.2. The summed E-state index contributed by atoms with van der Waals surface area (Å²) in [5, 5.41) is 0. The molecule has 4 heteroatoms. The number of rotatable bonds is 5. The van der Waals surface area contributed by atoms with Gasteiger partial charge in [-0.15, -0.1) is 0 Å². The summed E-state index contributed by atoms with van der Waals surface area (Å²) < 4.78 is 20.6. The molecule has 0 rings (SSSR count). The van der Waals surface area contributed by atoms with Crippen molar-refractivity contribution in [2.24, 2.45) is 0 Å². The molecule has 0 heterocycles. The zero-order valence-electron chi connectivity index (χ0n) is 6.37. The monoisotopic (exact) mass is 164 g/mol. The van der Waals surface area contributed by atoms with Crippen LogP contribution in [0.25, 0.3) is 0 Å². The average Bonchev–Trinajstić information content (AvgIpc) is 2.00. The largest absolute Gasteiger partial charge is 0.353 e. The summed E-state index contributed by atoms with van der Waals surface area (Å²) in [6.07, 6.45) is 0.821. The lowest BCUT2D eigenvalue weighted by Gasteiger charge is -2.09. The molecule has 0 aromatic rings. The highest BCUT2D eigenvalue weighted by Crippen LogP contribution is 2.48. The second-order valence-electron chi connectivity index (χ2n) is 1.74. The van der Waals surface area contributed by atoms with Gasteiger partial charge in [0.25, 0.3) is 0 Å². The molecule has 0 fully saturated rings. The molecule has 0 aromatic heterocycles. The van der Waals surface area contributed by atoms with Gasteiger partial charge in [-0.1, -0.05) is 13.5 Å². The van der Waals surface area contributed by atoms with E-state index >= 15 is 0 Å². The maximum atomic E-state index is 11.1. The van der Waals surface area contributed by atoms with E-state index < -0.39 is 7.60 Å². The van der Waals surface area contributed by atoms with Crippen LogP contribution in [0.1, 0.15) is 13.3 Å². The van der Waals surface area contributed by atoms with Crippen molar-refractivity contribution in [1.82, 2.24) is 0 Å². The van der Waals surface area contributed by atoms with Gasteiger partial charge in [0.2, 0.25) is 0 Å². The number of hydrogen-bond donors (Lipinski definition) is 0. The van der Waals surface area contributed by atoms with E-state index in [-0.39, 0.29) is 0 Å². The lowest BCUT2D eigenvalue weighted by atomic mass is 10.5. The Morgan fingerprint density at radius 3 is 2.60 bits per heavy atom. The van der Waals surface area contributed by atoms with Gasteiger partial charge in [-0.25, -0.2) is 0 Å². The van der Waals surface area contributed by atoms with Crippen LogP contribution in [-0.4, -0.2) is 13.7 Å². The van der Waals surface area contributed by atoms with Crippen molar-refractivity contribution in [3.05, 3.63) is 12.4 Å². The molecule has 0 saturated heterocycles. The maximum Gasteiger partial charge on any atom is 0.353 e. The van der Waals surface area contributed by atoms with Gasteiger partial charge in [0, 0.05) is 12.9 Å². The van der Waals surface area contributed by atoms with Crippen LogP contribution < -0.4 is 0 Å². The lowest BCUT2D eigenvalue weighted by Crippen LogP contribution is -1.90. The highest BCUT2D eigenvalue weighted by molar-refractivity contribution is 7.57. The van der Waals surface area contributed by atoms with E-state index in [1.54, 1.807) is 0 Å². The topological polar surface area (TPSA) is 35.5 Å². The molecule has 0 radical (unpaired) electrons. The standard InChI is InChI=1S/C6H13O3P/c1-4-6-9-10(7,5-2)8-3/h5H,2,4,6H2,1,3H3. The Morgan fingerprint density at radius 2 is 2.30 bits per heavy atom. The van der Waals surface area contributed by atoms with Gasteiger partial charge in [0.1, 0.15) is 0 Å². The van der Waals surface area contributed by atoms with Crippen LogP contribution >= 0.6 is 7.60 Å². The molecule has 0 saturated carbocycles. The van der Waals surface area contributed by atoms with Gasteiger partial charge in [-0.2, -0.15) is 0 Å². The predicted molar refractivity (Wildman–Crippen MR) is 41.1 cm³/mol. The van der Waals surface area contributed by atoms with Gasteiger partial charge in [0.05, 0.1) is 6.61 Å². The lowest BCUT2D eigenvalue weighted by molar-refractivity contribution is 0.242. The zero-order valence-corrected chi connectivity index (χ0v) is 7.27. The Morgan fingerprint density at radius 1 is 1.70 bits per heavy atom. The van der Waals surface area contributed by atoms with Gasteiger partial charge in [-0.05, 0) is 6.42 Å². The van der Waals surface area contributed by atoms with Gasteiger partial charge in [-0.3, -0.25) is 4.57 Å². The minimum Gasteiger partial charge on any atom is -0.309 e. The summed E-state index contributed by atoms with van der Waals surface area (Å²) in [7, 11) is -1.59. The van der Waals surface area contributed by atoms with E-state index in [1.165, 1.54) is 12.9 Å². The van der Waals surface area contributed by atoms with Gasteiger partial charge >= 0.3 is 7.60 Å². The first-order valence-electron chi connectivity index (χ1n) is 3.12. The van der Waals surface area contributed by atoms with E-state index in [9.17, 15) is 4.57 Å². The van der Waals surface area contributed by atoms with Crippen molar-refractivity contribution >= 4 is 7.60 Å². The number of hydrogen-bond acceptors (Lipinski definition) is 3. The van der Waals surface area contributed by atoms with Crippen LogP contribution in [0.2, 0.25) is 0 Å². The fourth-order valence-corrected chi connectivity index (χ4v) is 1.20. The molecule has 0 amide bonds. The molecular weight excluding hydrogens is 151 g/mol. The molecule has 0 aromatic carbocycles. The molecule has 1 unspecified atom stereocenters. The van der Waals surface area contributed by atoms with E-state index in [0.29, 0.717) is 6.61 Å². The third-order valence-corrected chi connectivity index (χ3v) is 2.45. The second kappa shape index (κ2) is 4.67. The Bertz CT molecular complexity index is 144. The summed E-state index contributed by atoms with van der Waals surface area (Å²) >= 11 is 0. The Balaban J connectivity index is 3.82. The molecule has 3 nitrogen and oxygen atoms in total. The molecule has 0 spiro atoms. The molecule has 1 atom stereocenters. The SMILES string of the molecule is C=CP(=O)(OC)OCCC. The van der Waals surface area contributed by atoms with Crippen molar-refractivity contribution in [3.8, 4) is 0 Å². The first-order valence-corrected chi connectivity index (χ1v) is 4.73. The quantitative estimate of drug-likeness (QED) is 0.585. The van der Waals surface area contributed by atoms with Crippen molar-refractivity contribution in [1.29, 1.82) is 0 Å². The van der Waals surface area contributed by atoms with Crippen molar-refractivity contribution in [2.75, 3.05) is 13.7 Å². The van der Waals surface area contributed by atoms with Crippen LogP contribution in [0, 0.1) is 0 Å². The zero-order chi connectivity index (χ0) is 8.04. The Labute approximate surface area is 61.6 Å². The Hall–Kier alpha value is -0.110. The van der Waals surface area contributed by atoms with Crippen molar-refractivity contribution in [2.45, 2.75) is 13.3 Å². The van der Waals surface area contributed by atoms with Crippen LogP contribution in [0.4, 0.5) is 0 Å². The fraction of sp³-hybridized carbons (Fsp3) is 0.667. The maximum absolute atomic E-state index is 11.1. The molecule has 0 N–H and O–H groups in total. The van der Waals surface area contributed by atoms with Crippen LogP contribution in [0.3, 0.4) is 0 Å². The fourth-order valence-electron chi connectivity index (χ4n) is 0.398. The third kappa shape index (κ3) is 3.16. The van der Waals surface area contributed by atoms with Crippen molar-refractivity contribution in [3.63, 3.8) is 0 Å². The van der Waals surface area contributed by atoms with Gasteiger partial charge in [0.15, 0.2) is 0 Å². The highest BCUT2D eigenvalue weighted by atomic mass is 31.2. The van der Waals surface area contributed by atoms with Gasteiger partial charge < -0.3 is 9.05 Å². The van der Waals surface area contributed by atoms with Crippen LogP contribution in [-0.2, 0) is 13.6 Å². The molecule has 0 bridgehead atoms. The summed E-state index contributed by atoms with van der Waals surface area (Å²) in [5.74, 6) is 1.21. The first kappa shape index (κ1) is 9.89. The van der Waals surface area contributed by atoms with E-state index in [1.807, 2.05) is 6.92 Å². The first-order chi connectivity index (χ1) is 4.68. The highest BCUT2D eigenvalue weighted by Gasteiger charge is 2.15. The summed E-state index contributed by atoms with van der Waals surface area (Å²) in [6.45, 7) is 5.72. The second-order valence-corrected chi connectivity index (χ2v) is 3.81. The summed E-state index contributed by atoms with van der Waals surface area (Å²) in [4.78, 5) is 0. The smallest absolute Gasteiger partial charge is 0.309 e. The molecule has 10 heavy (non-hydrogen) atoms. The minimum absolute atomic E-state index is 0.442. The summed E-state index contributed by atoms with van der Waals surface area (Å²) in [6, 6.07) is 0. The van der Waals surface area contributed by atoms with Crippen molar-refractivity contribution < 1.29 is 13.6 Å². The third-order valence-electron chi connectivity index (χ3n) is 0.953. The minimum atomic E-state index is -2.93. The molecule has 0 aliphatic carbocycles. The van der Waals surface area contributed by atoms with Crippen LogP contribution in [0.5, 0.6) is 0 Å². The van der Waals surface area contributed by atoms with E-state index in [0.717, 1.165) is 6.42 Å². The van der Waals surface area contributed by atoms with Crippen LogP contribution in [0.15, 0.2) is 12.4 Å². The van der Waals surface area contributed by atoms with E-state index in [4.69, 9.17) is 4.52 Å². The molecule has 60 valence electrons. The molecule has 0 aliphatic rings. The molecule has 0 aliphatic heterocycles. The van der Waals surface area contributed by atoms with E-state index in [2.05, 4.69) is 11.1 Å². The Kier molecular flexibility index (Phi) is 4.62.